The predicted molar refractivity (Wildman–Crippen MR) is 104 cm³/mol. The molecule has 148 valence electrons. The highest BCUT2D eigenvalue weighted by Gasteiger charge is 2.31. The number of piperazine rings is 1. The van der Waals surface area contributed by atoms with Crippen LogP contribution >= 0.6 is 23.2 Å². The fourth-order valence-corrected chi connectivity index (χ4v) is 3.35. The number of anilines is 1. The normalized spacial score (nSPS) is 15.3. The van der Waals surface area contributed by atoms with Crippen LogP contribution in [-0.2, 0) is 11.0 Å². The van der Waals surface area contributed by atoms with Gasteiger partial charge in [-0.2, -0.15) is 13.2 Å². The van der Waals surface area contributed by atoms with E-state index in [0.717, 1.165) is 12.3 Å². The molecule has 1 aliphatic rings. The van der Waals surface area contributed by atoms with Gasteiger partial charge in [0.05, 0.1) is 5.56 Å². The van der Waals surface area contributed by atoms with E-state index >= 15 is 0 Å². The molecule has 0 unspecified atom stereocenters. The molecule has 9 heteroatoms. The molecule has 1 aliphatic heterocycles. The van der Waals surface area contributed by atoms with Crippen molar-refractivity contribution >= 4 is 41.0 Å². The lowest BCUT2D eigenvalue weighted by Gasteiger charge is -2.35. The van der Waals surface area contributed by atoms with Gasteiger partial charge in [-0.1, -0.05) is 29.3 Å². The second kappa shape index (κ2) is 8.41. The van der Waals surface area contributed by atoms with Crippen molar-refractivity contribution in [1.82, 2.24) is 9.88 Å². The molecule has 1 saturated heterocycles. The molecule has 1 aromatic heterocycles. The number of aromatic nitrogens is 1. The SMILES string of the molecule is O=C(/C=C/c1c(Cl)cccc1Cl)N1CCN(c2ccc(C(F)(F)F)cn2)CC1. The monoisotopic (exact) mass is 429 g/mol. The van der Waals surface area contributed by atoms with Gasteiger partial charge in [-0.05, 0) is 30.3 Å². The standard InChI is InChI=1S/C19H16Cl2F3N3O/c20-15-2-1-3-16(21)14(15)5-7-18(28)27-10-8-26(9-11-27)17-6-4-13(12-25-17)19(22,23)24/h1-7,12H,8-11H2/b7-5+. The molecule has 28 heavy (non-hydrogen) atoms. The van der Waals surface area contributed by atoms with Crippen LogP contribution in [0.3, 0.4) is 0 Å². The summed E-state index contributed by atoms with van der Waals surface area (Å²) in [4.78, 5) is 19.8. The number of carbonyl (C=O) groups excluding carboxylic acids is 1. The van der Waals surface area contributed by atoms with Crippen LogP contribution in [0.4, 0.5) is 19.0 Å². The summed E-state index contributed by atoms with van der Waals surface area (Å²) in [6, 6.07) is 7.45. The van der Waals surface area contributed by atoms with Gasteiger partial charge in [-0.25, -0.2) is 4.98 Å². The number of nitrogens with zero attached hydrogens (tertiary/aromatic N) is 3. The summed E-state index contributed by atoms with van der Waals surface area (Å²) in [5.74, 6) is 0.273. The molecule has 0 aliphatic carbocycles. The quantitative estimate of drug-likeness (QED) is 0.659. The molecule has 2 aromatic rings. The molecule has 1 amide bonds. The number of alkyl halides is 3. The molecule has 0 atom stereocenters. The summed E-state index contributed by atoms with van der Waals surface area (Å²) in [5.41, 5.74) is -0.208. The second-order valence-electron chi connectivity index (χ2n) is 6.18. The van der Waals surface area contributed by atoms with E-state index in [-0.39, 0.29) is 5.91 Å². The van der Waals surface area contributed by atoms with Gasteiger partial charge in [-0.15, -0.1) is 0 Å². The fraction of sp³-hybridized carbons (Fsp3) is 0.263. The summed E-state index contributed by atoms with van der Waals surface area (Å²) in [7, 11) is 0. The summed E-state index contributed by atoms with van der Waals surface area (Å²) in [6.07, 6.45) is -0.591. The minimum absolute atomic E-state index is 0.184. The number of halogens is 5. The van der Waals surface area contributed by atoms with Crippen molar-refractivity contribution in [3.8, 4) is 0 Å². The van der Waals surface area contributed by atoms with Crippen LogP contribution in [-0.4, -0.2) is 42.0 Å². The zero-order valence-electron chi connectivity index (χ0n) is 14.6. The van der Waals surface area contributed by atoms with Gasteiger partial charge >= 0.3 is 6.18 Å². The number of pyridine rings is 1. The van der Waals surface area contributed by atoms with E-state index in [2.05, 4.69) is 4.98 Å². The summed E-state index contributed by atoms with van der Waals surface area (Å²) in [5, 5.41) is 0.907. The van der Waals surface area contributed by atoms with Crippen LogP contribution in [0.1, 0.15) is 11.1 Å². The minimum Gasteiger partial charge on any atom is -0.353 e. The molecular weight excluding hydrogens is 414 g/mol. The van der Waals surface area contributed by atoms with Crippen molar-refractivity contribution in [3.05, 3.63) is 63.8 Å². The molecule has 4 nitrogen and oxygen atoms in total. The van der Waals surface area contributed by atoms with Crippen LogP contribution in [0.2, 0.25) is 10.0 Å². The summed E-state index contributed by atoms with van der Waals surface area (Å²) < 4.78 is 37.9. The maximum Gasteiger partial charge on any atom is 0.417 e. The number of rotatable bonds is 3. The van der Waals surface area contributed by atoms with Crippen molar-refractivity contribution in [2.75, 3.05) is 31.1 Å². The zero-order valence-corrected chi connectivity index (χ0v) is 16.1. The molecule has 0 bridgehead atoms. The van der Waals surface area contributed by atoms with Crippen molar-refractivity contribution in [2.24, 2.45) is 0 Å². The van der Waals surface area contributed by atoms with E-state index < -0.39 is 11.7 Å². The molecule has 3 rings (SSSR count). The average Bonchev–Trinajstić information content (AvgIpc) is 2.67. The molecule has 0 N–H and O–H groups in total. The van der Waals surface area contributed by atoms with E-state index in [9.17, 15) is 18.0 Å². The number of hydrogen-bond acceptors (Lipinski definition) is 3. The fourth-order valence-electron chi connectivity index (χ4n) is 2.83. The number of carbonyl (C=O) groups is 1. The van der Waals surface area contributed by atoms with E-state index in [4.69, 9.17) is 23.2 Å². The Morgan fingerprint density at radius 1 is 1.04 bits per heavy atom. The number of hydrogen-bond donors (Lipinski definition) is 0. The first-order chi connectivity index (χ1) is 13.3. The molecule has 0 saturated carbocycles. The Kier molecular flexibility index (Phi) is 6.15. The zero-order chi connectivity index (χ0) is 20.3. The lowest BCUT2D eigenvalue weighted by Crippen LogP contribution is -2.48. The Balaban J connectivity index is 1.59. The Hall–Kier alpha value is -2.25. The van der Waals surface area contributed by atoms with Crippen LogP contribution in [0.15, 0.2) is 42.6 Å². The van der Waals surface area contributed by atoms with Crippen LogP contribution in [0.25, 0.3) is 6.08 Å². The van der Waals surface area contributed by atoms with Gasteiger partial charge < -0.3 is 9.80 Å². The molecular formula is C19H16Cl2F3N3O. The van der Waals surface area contributed by atoms with Gasteiger partial charge in [0, 0.05) is 54.1 Å². The highest BCUT2D eigenvalue weighted by molar-refractivity contribution is 6.37. The maximum atomic E-state index is 12.6. The number of benzene rings is 1. The third-order valence-electron chi connectivity index (χ3n) is 4.38. The first-order valence-electron chi connectivity index (χ1n) is 8.45. The highest BCUT2D eigenvalue weighted by atomic mass is 35.5. The topological polar surface area (TPSA) is 36.4 Å². The molecule has 1 fully saturated rings. The second-order valence-corrected chi connectivity index (χ2v) is 7.00. The first-order valence-corrected chi connectivity index (χ1v) is 9.20. The third-order valence-corrected chi connectivity index (χ3v) is 5.04. The average molecular weight is 430 g/mol. The molecule has 1 aromatic carbocycles. The summed E-state index contributed by atoms with van der Waals surface area (Å²) in [6.45, 7) is 1.82. The summed E-state index contributed by atoms with van der Waals surface area (Å²) >= 11 is 12.2. The Morgan fingerprint density at radius 2 is 1.68 bits per heavy atom. The van der Waals surface area contributed by atoms with Crippen molar-refractivity contribution < 1.29 is 18.0 Å². The Bertz CT molecular complexity index is 857. The van der Waals surface area contributed by atoms with Gasteiger partial charge in [-0.3, -0.25) is 4.79 Å². The van der Waals surface area contributed by atoms with E-state index in [0.29, 0.717) is 47.6 Å². The maximum absolute atomic E-state index is 12.6. The van der Waals surface area contributed by atoms with Gasteiger partial charge in [0.2, 0.25) is 5.91 Å². The van der Waals surface area contributed by atoms with E-state index in [1.165, 1.54) is 12.1 Å². The predicted octanol–water partition coefficient (Wildman–Crippen LogP) is 4.77. The van der Waals surface area contributed by atoms with Crippen molar-refractivity contribution in [3.63, 3.8) is 0 Å². The van der Waals surface area contributed by atoms with Crippen LogP contribution in [0.5, 0.6) is 0 Å². The van der Waals surface area contributed by atoms with E-state index in [1.807, 2.05) is 4.90 Å². The van der Waals surface area contributed by atoms with Crippen LogP contribution < -0.4 is 4.90 Å². The smallest absolute Gasteiger partial charge is 0.353 e. The van der Waals surface area contributed by atoms with Crippen LogP contribution in [0, 0.1) is 0 Å². The van der Waals surface area contributed by atoms with Crippen molar-refractivity contribution in [1.29, 1.82) is 0 Å². The van der Waals surface area contributed by atoms with Gasteiger partial charge in [0.1, 0.15) is 5.82 Å². The first kappa shape index (κ1) is 20.5. The largest absolute Gasteiger partial charge is 0.417 e. The highest BCUT2D eigenvalue weighted by Crippen LogP contribution is 2.29. The van der Waals surface area contributed by atoms with Gasteiger partial charge in [0.15, 0.2) is 0 Å². The lowest BCUT2D eigenvalue weighted by atomic mass is 10.2. The molecule has 2 heterocycles. The van der Waals surface area contributed by atoms with Gasteiger partial charge in [0.25, 0.3) is 0 Å². The van der Waals surface area contributed by atoms with E-state index in [1.54, 1.807) is 29.2 Å². The Morgan fingerprint density at radius 3 is 2.21 bits per heavy atom. The minimum atomic E-state index is -4.41. The lowest BCUT2D eigenvalue weighted by molar-refractivity contribution is -0.137. The van der Waals surface area contributed by atoms with Crippen molar-refractivity contribution in [2.45, 2.75) is 6.18 Å². The number of amides is 1. The third kappa shape index (κ3) is 4.77. The Labute approximate surface area is 170 Å². The molecule has 0 spiro atoms. The molecule has 0 radical (unpaired) electrons.